The third kappa shape index (κ3) is 7.16. The maximum atomic E-state index is 12.7. The van der Waals surface area contributed by atoms with Crippen molar-refractivity contribution in [2.24, 2.45) is 10.1 Å². The lowest BCUT2D eigenvalue weighted by Crippen LogP contribution is -2.36. The summed E-state index contributed by atoms with van der Waals surface area (Å²) in [5, 5.41) is 11.2. The van der Waals surface area contributed by atoms with Gasteiger partial charge in [-0.15, -0.1) is 0 Å². The third-order valence-electron chi connectivity index (χ3n) is 3.95. The fourth-order valence-corrected chi connectivity index (χ4v) is 3.02. The van der Waals surface area contributed by atoms with Crippen molar-refractivity contribution < 1.29 is 26.7 Å². The molecule has 0 amide bonds. The van der Waals surface area contributed by atoms with E-state index in [4.69, 9.17) is 9.88 Å². The number of methoxy groups -OCH3 is 1. The van der Waals surface area contributed by atoms with E-state index in [2.05, 4.69) is 20.4 Å². The number of alkyl halides is 2. The molecule has 0 atom stereocenters. The van der Waals surface area contributed by atoms with Crippen LogP contribution < -0.4 is 25.2 Å². The van der Waals surface area contributed by atoms with Crippen molar-refractivity contribution in [2.75, 3.05) is 13.7 Å². The molecule has 0 saturated heterocycles. The zero-order valence-electron chi connectivity index (χ0n) is 16.6. The van der Waals surface area contributed by atoms with E-state index in [-0.39, 0.29) is 23.7 Å². The Morgan fingerprint density at radius 2 is 1.87 bits per heavy atom. The number of hydrogen-bond acceptors (Lipinski definition) is 5. The smallest absolute Gasteiger partial charge is 0.387 e. The Morgan fingerprint density at radius 3 is 2.43 bits per heavy atom. The number of nitrogens with two attached hydrogens (primary N) is 1. The predicted octanol–water partition coefficient (Wildman–Crippen LogP) is 2.20. The molecule has 0 bridgehead atoms. The number of hydrogen-bond donors (Lipinski definition) is 3. The van der Waals surface area contributed by atoms with Gasteiger partial charge in [-0.1, -0.05) is 12.1 Å². The van der Waals surface area contributed by atoms with Gasteiger partial charge in [-0.2, -0.15) is 8.78 Å². The molecule has 11 heteroatoms. The standard InChI is InChI=1S/C19H24F2N4O4S/c1-3-23-19(24-11-13-4-7-16(8-5-13)30(22,26)27)25-12-14-10-15(28-2)6-9-17(14)29-18(20)21/h4-10,18H,3,11-12H2,1-2H3,(H2,22,26,27)(H2,23,24,25). The third-order valence-corrected chi connectivity index (χ3v) is 4.88. The summed E-state index contributed by atoms with van der Waals surface area (Å²) < 4.78 is 57.7. The zero-order valence-corrected chi connectivity index (χ0v) is 17.4. The molecule has 2 aromatic rings. The highest BCUT2D eigenvalue weighted by atomic mass is 32.2. The van der Waals surface area contributed by atoms with Crippen LogP contribution in [0.2, 0.25) is 0 Å². The van der Waals surface area contributed by atoms with E-state index in [9.17, 15) is 17.2 Å². The number of nitrogens with one attached hydrogen (secondary N) is 2. The Kier molecular flexibility index (Phi) is 8.36. The topological polar surface area (TPSA) is 115 Å². The largest absolute Gasteiger partial charge is 0.497 e. The van der Waals surface area contributed by atoms with Crippen LogP contribution >= 0.6 is 0 Å². The predicted molar refractivity (Wildman–Crippen MR) is 109 cm³/mol. The Bertz CT molecular complexity index is 967. The molecule has 4 N–H and O–H groups in total. The van der Waals surface area contributed by atoms with Gasteiger partial charge in [-0.25, -0.2) is 18.5 Å². The van der Waals surface area contributed by atoms with Crippen LogP contribution in [0, 0.1) is 0 Å². The van der Waals surface area contributed by atoms with Crippen molar-refractivity contribution in [2.45, 2.75) is 31.5 Å². The maximum Gasteiger partial charge on any atom is 0.387 e. The molecule has 8 nitrogen and oxygen atoms in total. The molecule has 0 radical (unpaired) electrons. The van der Waals surface area contributed by atoms with Crippen LogP contribution in [-0.4, -0.2) is 34.6 Å². The van der Waals surface area contributed by atoms with Gasteiger partial charge in [0.05, 0.1) is 18.6 Å². The van der Waals surface area contributed by atoms with E-state index in [1.807, 2.05) is 6.92 Å². The fraction of sp³-hybridized carbons (Fsp3) is 0.316. The second kappa shape index (κ2) is 10.7. The SMILES string of the molecule is CCNC(=NCc1ccc(S(N)(=O)=O)cc1)NCc1cc(OC)ccc1OC(F)F. The lowest BCUT2D eigenvalue weighted by molar-refractivity contribution is -0.0505. The van der Waals surface area contributed by atoms with Crippen LogP contribution in [0.5, 0.6) is 11.5 Å². The minimum atomic E-state index is -3.75. The number of halogens is 2. The molecular formula is C19H24F2N4O4S. The van der Waals surface area contributed by atoms with Gasteiger partial charge in [0.15, 0.2) is 5.96 Å². The summed E-state index contributed by atoms with van der Waals surface area (Å²) in [7, 11) is -2.27. The molecule has 0 aliphatic carbocycles. The molecule has 0 fully saturated rings. The Labute approximate surface area is 174 Å². The molecule has 0 aromatic heterocycles. The molecule has 0 unspecified atom stereocenters. The lowest BCUT2D eigenvalue weighted by atomic mass is 10.2. The van der Waals surface area contributed by atoms with Gasteiger partial charge in [0, 0.05) is 18.7 Å². The number of rotatable bonds is 9. The lowest BCUT2D eigenvalue weighted by Gasteiger charge is -2.15. The summed E-state index contributed by atoms with van der Waals surface area (Å²) in [6.07, 6.45) is 0. The van der Waals surface area contributed by atoms with Crippen molar-refractivity contribution in [3.63, 3.8) is 0 Å². The van der Waals surface area contributed by atoms with Gasteiger partial charge >= 0.3 is 6.61 Å². The van der Waals surface area contributed by atoms with E-state index in [1.54, 1.807) is 18.2 Å². The highest BCUT2D eigenvalue weighted by Crippen LogP contribution is 2.25. The van der Waals surface area contributed by atoms with Gasteiger partial charge in [0.25, 0.3) is 0 Å². The average Bonchev–Trinajstić information content (AvgIpc) is 2.70. The van der Waals surface area contributed by atoms with E-state index < -0.39 is 16.6 Å². The number of sulfonamides is 1. The number of aliphatic imine (C=N–C) groups is 1. The Balaban J connectivity index is 2.12. The first-order chi connectivity index (χ1) is 14.2. The van der Waals surface area contributed by atoms with Crippen molar-refractivity contribution in [1.29, 1.82) is 0 Å². The molecule has 2 aromatic carbocycles. The maximum absolute atomic E-state index is 12.7. The van der Waals surface area contributed by atoms with E-state index >= 15 is 0 Å². The Morgan fingerprint density at radius 1 is 1.17 bits per heavy atom. The number of ether oxygens (including phenoxy) is 2. The van der Waals surface area contributed by atoms with E-state index in [0.29, 0.717) is 23.8 Å². The van der Waals surface area contributed by atoms with Gasteiger partial charge < -0.3 is 20.1 Å². The first kappa shape index (κ1) is 23.4. The second-order valence-electron chi connectivity index (χ2n) is 6.09. The van der Waals surface area contributed by atoms with Crippen molar-refractivity contribution in [1.82, 2.24) is 10.6 Å². The number of nitrogens with zero attached hydrogens (tertiary/aromatic N) is 1. The van der Waals surface area contributed by atoms with Crippen molar-refractivity contribution in [3.8, 4) is 11.5 Å². The highest BCUT2D eigenvalue weighted by molar-refractivity contribution is 7.89. The first-order valence-electron chi connectivity index (χ1n) is 8.98. The molecule has 0 saturated carbocycles. The normalized spacial score (nSPS) is 12.0. The van der Waals surface area contributed by atoms with Crippen LogP contribution in [0.15, 0.2) is 52.4 Å². The number of guanidine groups is 1. The van der Waals surface area contributed by atoms with E-state index in [0.717, 1.165) is 5.56 Å². The van der Waals surface area contributed by atoms with Gasteiger partial charge in [0.2, 0.25) is 10.0 Å². The first-order valence-corrected chi connectivity index (χ1v) is 10.5. The quantitative estimate of drug-likeness (QED) is 0.405. The number of primary sulfonamides is 1. The molecule has 30 heavy (non-hydrogen) atoms. The summed E-state index contributed by atoms with van der Waals surface area (Å²) in [6, 6.07) is 10.6. The summed E-state index contributed by atoms with van der Waals surface area (Å²) in [5.74, 6) is 0.983. The van der Waals surface area contributed by atoms with Gasteiger partial charge in [0.1, 0.15) is 11.5 Å². The number of benzene rings is 2. The van der Waals surface area contributed by atoms with Crippen LogP contribution in [0.25, 0.3) is 0 Å². The van der Waals surface area contributed by atoms with Crippen molar-refractivity contribution in [3.05, 3.63) is 53.6 Å². The minimum Gasteiger partial charge on any atom is -0.497 e. The van der Waals surface area contributed by atoms with Crippen LogP contribution in [0.1, 0.15) is 18.1 Å². The molecule has 164 valence electrons. The fourth-order valence-electron chi connectivity index (χ4n) is 2.51. The molecular weight excluding hydrogens is 418 g/mol. The van der Waals surface area contributed by atoms with Crippen molar-refractivity contribution >= 4 is 16.0 Å². The summed E-state index contributed by atoms with van der Waals surface area (Å²) in [6.45, 7) is -0.0583. The van der Waals surface area contributed by atoms with Crippen LogP contribution in [0.4, 0.5) is 8.78 Å². The second-order valence-corrected chi connectivity index (χ2v) is 7.65. The summed E-state index contributed by atoms with van der Waals surface area (Å²) >= 11 is 0. The molecule has 2 rings (SSSR count). The monoisotopic (exact) mass is 442 g/mol. The summed E-state index contributed by atoms with van der Waals surface area (Å²) in [5.41, 5.74) is 1.24. The van der Waals surface area contributed by atoms with E-state index in [1.165, 1.54) is 31.4 Å². The molecule has 0 aliphatic heterocycles. The highest BCUT2D eigenvalue weighted by Gasteiger charge is 2.12. The molecule has 0 heterocycles. The summed E-state index contributed by atoms with van der Waals surface area (Å²) in [4.78, 5) is 4.44. The van der Waals surface area contributed by atoms with Crippen LogP contribution in [0.3, 0.4) is 0 Å². The average molecular weight is 442 g/mol. The van der Waals surface area contributed by atoms with Gasteiger partial charge in [-0.05, 0) is 42.8 Å². The Hall–Kier alpha value is -2.92. The minimum absolute atomic E-state index is 0.0184. The molecule has 0 spiro atoms. The zero-order chi connectivity index (χ0) is 22.1. The van der Waals surface area contributed by atoms with Gasteiger partial charge in [-0.3, -0.25) is 0 Å². The van der Waals surface area contributed by atoms with Crippen LogP contribution in [-0.2, 0) is 23.1 Å². The molecule has 0 aliphatic rings.